The molecule has 154 valence electrons. The van der Waals surface area contributed by atoms with Crippen molar-refractivity contribution in [1.29, 1.82) is 0 Å². The molecule has 0 aliphatic rings. The fraction of sp³-hybridized carbons (Fsp3) is 0.421. The highest BCUT2D eigenvalue weighted by Crippen LogP contribution is 2.15. The molecular formula is C19H27F2IN6. The van der Waals surface area contributed by atoms with Gasteiger partial charge in [0.15, 0.2) is 17.6 Å². The van der Waals surface area contributed by atoms with Gasteiger partial charge >= 0.3 is 0 Å². The van der Waals surface area contributed by atoms with Gasteiger partial charge < -0.3 is 15.2 Å². The normalized spacial score (nSPS) is 12.2. The summed E-state index contributed by atoms with van der Waals surface area (Å²) in [7, 11) is 0. The number of nitrogens with one attached hydrogen (secondary N) is 2. The topological polar surface area (TPSA) is 67.1 Å². The molecule has 1 aromatic carbocycles. The third kappa shape index (κ3) is 7.17. The van der Waals surface area contributed by atoms with Crippen molar-refractivity contribution in [2.45, 2.75) is 39.8 Å². The zero-order valence-electron chi connectivity index (χ0n) is 16.4. The number of aliphatic imine (C=N–C) groups is 1. The first-order chi connectivity index (χ1) is 12.9. The third-order valence-corrected chi connectivity index (χ3v) is 3.96. The van der Waals surface area contributed by atoms with Crippen molar-refractivity contribution in [3.63, 3.8) is 0 Å². The molecule has 0 fully saturated rings. The van der Waals surface area contributed by atoms with Crippen LogP contribution in [0.4, 0.5) is 8.78 Å². The first kappa shape index (κ1) is 24.0. The summed E-state index contributed by atoms with van der Waals surface area (Å²) in [5.74, 6) is -0.239. The largest absolute Gasteiger partial charge is 0.355 e. The van der Waals surface area contributed by atoms with Crippen LogP contribution in [0.5, 0.6) is 0 Å². The Bertz CT molecular complexity index is 805. The van der Waals surface area contributed by atoms with Crippen molar-refractivity contribution in [2.24, 2.45) is 4.99 Å². The highest BCUT2D eigenvalue weighted by Gasteiger charge is 2.11. The summed E-state index contributed by atoms with van der Waals surface area (Å²) in [6.07, 6.45) is 2.50. The van der Waals surface area contributed by atoms with Crippen LogP contribution >= 0.6 is 24.0 Å². The maximum atomic E-state index is 13.5. The van der Waals surface area contributed by atoms with Crippen LogP contribution in [0.2, 0.25) is 0 Å². The van der Waals surface area contributed by atoms with Crippen molar-refractivity contribution in [2.75, 3.05) is 13.1 Å². The lowest BCUT2D eigenvalue weighted by molar-refractivity contribution is 0.504. The molecule has 1 atom stereocenters. The van der Waals surface area contributed by atoms with Gasteiger partial charge in [-0.1, -0.05) is 25.1 Å². The number of halogens is 3. The minimum Gasteiger partial charge on any atom is -0.355 e. The van der Waals surface area contributed by atoms with Crippen LogP contribution in [0.15, 0.2) is 41.7 Å². The Balaban J connectivity index is 0.00000392. The second kappa shape index (κ2) is 11.7. The zero-order chi connectivity index (χ0) is 19.8. The van der Waals surface area contributed by atoms with Gasteiger partial charge in [-0.2, -0.15) is 0 Å². The molecule has 0 saturated heterocycles. The highest BCUT2D eigenvalue weighted by molar-refractivity contribution is 14.0. The lowest BCUT2D eigenvalue weighted by atomic mass is 10.1. The Morgan fingerprint density at radius 3 is 2.71 bits per heavy atom. The predicted octanol–water partition coefficient (Wildman–Crippen LogP) is 3.61. The molecule has 1 unspecified atom stereocenters. The van der Waals surface area contributed by atoms with Crippen molar-refractivity contribution < 1.29 is 8.78 Å². The predicted molar refractivity (Wildman–Crippen MR) is 118 cm³/mol. The molecule has 28 heavy (non-hydrogen) atoms. The number of guanidine groups is 1. The molecule has 1 aromatic heterocycles. The van der Waals surface area contributed by atoms with Gasteiger partial charge in [0.1, 0.15) is 12.2 Å². The maximum absolute atomic E-state index is 13.5. The van der Waals surface area contributed by atoms with Gasteiger partial charge in [0, 0.05) is 19.5 Å². The van der Waals surface area contributed by atoms with Crippen molar-refractivity contribution in [3.05, 3.63) is 59.7 Å². The molecule has 2 N–H and O–H groups in total. The number of nitrogens with zero attached hydrogens (tertiary/aromatic N) is 4. The second-order valence-corrected chi connectivity index (χ2v) is 6.38. The minimum absolute atomic E-state index is 0. The summed E-state index contributed by atoms with van der Waals surface area (Å²) >= 11 is 0. The molecule has 0 radical (unpaired) electrons. The van der Waals surface area contributed by atoms with Crippen LogP contribution in [0.3, 0.4) is 0 Å². The van der Waals surface area contributed by atoms with E-state index >= 15 is 0 Å². The van der Waals surface area contributed by atoms with Gasteiger partial charge in [-0.25, -0.2) is 13.8 Å². The van der Waals surface area contributed by atoms with E-state index in [1.165, 1.54) is 6.07 Å². The smallest absolute Gasteiger partial charge is 0.192 e. The van der Waals surface area contributed by atoms with Gasteiger partial charge in [0.05, 0.1) is 12.6 Å². The molecule has 1 heterocycles. The number of hydrogen-bond donors (Lipinski definition) is 2. The highest BCUT2D eigenvalue weighted by atomic mass is 127. The summed E-state index contributed by atoms with van der Waals surface area (Å²) in [6.45, 7) is 11.4. The number of hydrogen-bond acceptors (Lipinski definition) is 3. The molecule has 0 amide bonds. The number of aryl methyl sites for hydroxylation is 1. The molecule has 0 spiro atoms. The van der Waals surface area contributed by atoms with Gasteiger partial charge in [0.25, 0.3) is 0 Å². The Kier molecular flexibility index (Phi) is 10.0. The number of rotatable bonds is 8. The van der Waals surface area contributed by atoms with Gasteiger partial charge in [-0.05, 0) is 31.5 Å². The number of aromatic nitrogens is 3. The summed E-state index contributed by atoms with van der Waals surface area (Å²) < 4.78 is 28.6. The van der Waals surface area contributed by atoms with Crippen LogP contribution in [0, 0.1) is 11.6 Å². The van der Waals surface area contributed by atoms with E-state index in [9.17, 15) is 8.78 Å². The molecule has 2 rings (SSSR count). The fourth-order valence-corrected chi connectivity index (χ4v) is 2.47. The first-order valence-corrected chi connectivity index (χ1v) is 8.91. The molecular weight excluding hydrogens is 477 g/mol. The van der Waals surface area contributed by atoms with E-state index in [-0.39, 0.29) is 30.0 Å². The first-order valence-electron chi connectivity index (χ1n) is 8.91. The Hall–Kier alpha value is -2.04. The monoisotopic (exact) mass is 504 g/mol. The van der Waals surface area contributed by atoms with E-state index in [0.29, 0.717) is 31.2 Å². The minimum atomic E-state index is -0.866. The Morgan fingerprint density at radius 1 is 1.32 bits per heavy atom. The second-order valence-electron chi connectivity index (χ2n) is 6.38. The fourth-order valence-electron chi connectivity index (χ4n) is 2.47. The molecule has 0 bridgehead atoms. The summed E-state index contributed by atoms with van der Waals surface area (Å²) in [4.78, 5) is 4.48. The van der Waals surface area contributed by atoms with Crippen LogP contribution in [-0.4, -0.2) is 33.8 Å². The number of benzene rings is 1. The van der Waals surface area contributed by atoms with Crippen LogP contribution < -0.4 is 10.6 Å². The van der Waals surface area contributed by atoms with E-state index in [0.717, 1.165) is 23.9 Å². The Labute approximate surface area is 181 Å². The molecule has 0 aliphatic heterocycles. The van der Waals surface area contributed by atoms with E-state index < -0.39 is 11.6 Å². The van der Waals surface area contributed by atoms with Crippen molar-refractivity contribution in [3.8, 4) is 0 Å². The van der Waals surface area contributed by atoms with Gasteiger partial charge in [-0.15, -0.1) is 34.2 Å². The molecule has 2 aromatic rings. The molecule has 0 aliphatic carbocycles. The quantitative estimate of drug-likeness (QED) is 0.250. The lowest BCUT2D eigenvalue weighted by Crippen LogP contribution is -2.40. The van der Waals surface area contributed by atoms with Gasteiger partial charge in [0.2, 0.25) is 0 Å². The molecule has 9 heteroatoms. The van der Waals surface area contributed by atoms with Crippen molar-refractivity contribution in [1.82, 2.24) is 25.4 Å². The van der Waals surface area contributed by atoms with Crippen LogP contribution in [0.25, 0.3) is 0 Å². The van der Waals surface area contributed by atoms with Crippen molar-refractivity contribution >= 4 is 29.9 Å². The molecule has 0 saturated carbocycles. The van der Waals surface area contributed by atoms with E-state index in [1.54, 1.807) is 12.4 Å². The van der Waals surface area contributed by atoms with Crippen LogP contribution in [0.1, 0.15) is 38.2 Å². The Morgan fingerprint density at radius 2 is 2.07 bits per heavy atom. The van der Waals surface area contributed by atoms with Gasteiger partial charge in [-0.3, -0.25) is 0 Å². The SMILES string of the molecule is C=C(C)CN=C(NCCn1cnnc1CC)NC(C)c1ccc(F)c(F)c1.I. The average molecular weight is 504 g/mol. The standard InChI is InChI=1S/C19H26F2N6.HI/c1-5-18-26-24-12-27(18)9-8-22-19(23-11-13(2)3)25-14(4)15-6-7-16(20)17(21)10-15;/h6-7,10,12,14H,2,5,8-9,11H2,1,3-4H3,(H2,22,23,25);1H. The lowest BCUT2D eigenvalue weighted by Gasteiger charge is -2.19. The van der Waals surface area contributed by atoms with E-state index in [4.69, 9.17) is 0 Å². The maximum Gasteiger partial charge on any atom is 0.192 e. The molecule has 6 nitrogen and oxygen atoms in total. The average Bonchev–Trinajstić information content (AvgIpc) is 3.09. The third-order valence-electron chi connectivity index (χ3n) is 3.96. The summed E-state index contributed by atoms with van der Waals surface area (Å²) in [5.41, 5.74) is 1.55. The summed E-state index contributed by atoms with van der Waals surface area (Å²) in [5, 5.41) is 14.4. The van der Waals surface area contributed by atoms with E-state index in [1.807, 2.05) is 25.3 Å². The van der Waals surface area contributed by atoms with E-state index in [2.05, 4.69) is 32.4 Å². The van der Waals surface area contributed by atoms with Crippen LogP contribution in [-0.2, 0) is 13.0 Å². The zero-order valence-corrected chi connectivity index (χ0v) is 18.7. The summed E-state index contributed by atoms with van der Waals surface area (Å²) in [6, 6.07) is 3.61.